The molecule has 3 unspecified atom stereocenters. The van der Waals surface area contributed by atoms with E-state index in [1.807, 2.05) is 18.2 Å². The van der Waals surface area contributed by atoms with E-state index in [2.05, 4.69) is 17.5 Å². The van der Waals surface area contributed by atoms with Crippen molar-refractivity contribution < 1.29 is 18.3 Å². The SMILES string of the molecule is COc1ccc(C2Nc3ccc(S(=O)(=O)N4CCCCCC4)cc3C3C=CCC32)cc1O. The van der Waals surface area contributed by atoms with Crippen LogP contribution in [0.2, 0.25) is 0 Å². The highest BCUT2D eigenvalue weighted by Gasteiger charge is 2.39. The first kappa shape index (κ1) is 21.3. The molecule has 0 spiro atoms. The summed E-state index contributed by atoms with van der Waals surface area (Å²) < 4.78 is 33.5. The van der Waals surface area contributed by atoms with Crippen LogP contribution in [-0.4, -0.2) is 38.0 Å². The minimum atomic E-state index is -3.49. The predicted octanol–water partition coefficient (Wildman–Crippen LogP) is 4.79. The van der Waals surface area contributed by atoms with Crippen LogP contribution in [0.3, 0.4) is 0 Å². The van der Waals surface area contributed by atoms with Crippen LogP contribution in [0.5, 0.6) is 11.5 Å². The van der Waals surface area contributed by atoms with E-state index < -0.39 is 10.0 Å². The number of phenolic OH excluding ortho intramolecular Hbond substituents is 1. The molecule has 6 nitrogen and oxygen atoms in total. The minimum absolute atomic E-state index is 0.0207. The van der Waals surface area contributed by atoms with Crippen LogP contribution in [0.15, 0.2) is 53.4 Å². The normalized spacial score (nSPS) is 25.5. The standard InChI is InChI=1S/C25H30N2O4S/c1-31-24-12-9-17(15-23(24)28)25-20-8-6-7-19(20)21-16-18(10-11-22(21)26-25)32(29,30)27-13-4-2-3-5-14-27/h6-7,9-12,15-16,19-20,25-26,28H,2-5,8,13-14H2,1H3. The zero-order valence-electron chi connectivity index (χ0n) is 18.3. The Morgan fingerprint density at radius 2 is 1.84 bits per heavy atom. The number of sulfonamides is 1. The number of hydrogen-bond acceptors (Lipinski definition) is 5. The molecule has 3 aliphatic rings. The number of aromatic hydroxyl groups is 1. The van der Waals surface area contributed by atoms with E-state index in [9.17, 15) is 13.5 Å². The molecule has 0 amide bonds. The highest BCUT2D eigenvalue weighted by atomic mass is 32.2. The number of nitrogens with one attached hydrogen (secondary N) is 1. The lowest BCUT2D eigenvalue weighted by atomic mass is 9.77. The number of nitrogens with zero attached hydrogens (tertiary/aromatic N) is 1. The summed E-state index contributed by atoms with van der Waals surface area (Å²) in [6.45, 7) is 1.21. The number of hydrogen-bond donors (Lipinski definition) is 2. The Kier molecular flexibility index (Phi) is 5.63. The zero-order valence-corrected chi connectivity index (χ0v) is 19.1. The molecule has 1 aliphatic carbocycles. The molecule has 5 rings (SSSR count). The fourth-order valence-electron chi connectivity index (χ4n) is 5.39. The van der Waals surface area contributed by atoms with Gasteiger partial charge in [-0.25, -0.2) is 8.42 Å². The molecule has 2 aromatic rings. The van der Waals surface area contributed by atoms with Crippen LogP contribution in [0.4, 0.5) is 5.69 Å². The van der Waals surface area contributed by atoms with Crippen molar-refractivity contribution in [1.29, 1.82) is 0 Å². The Bertz CT molecular complexity index is 1140. The summed E-state index contributed by atoms with van der Waals surface area (Å²) in [5, 5.41) is 13.9. The maximum atomic E-state index is 13.3. The highest BCUT2D eigenvalue weighted by molar-refractivity contribution is 7.89. The van der Waals surface area contributed by atoms with Crippen LogP contribution in [-0.2, 0) is 10.0 Å². The Balaban J connectivity index is 1.49. The molecular weight excluding hydrogens is 424 g/mol. The van der Waals surface area contributed by atoms with Crippen molar-refractivity contribution in [2.24, 2.45) is 5.92 Å². The van der Waals surface area contributed by atoms with Gasteiger partial charge in [-0.15, -0.1) is 0 Å². The number of phenols is 1. The molecule has 0 bridgehead atoms. The number of rotatable bonds is 4. The molecule has 170 valence electrons. The molecule has 1 saturated heterocycles. The third-order valence-electron chi connectivity index (χ3n) is 7.10. The molecule has 0 saturated carbocycles. The summed E-state index contributed by atoms with van der Waals surface area (Å²) in [6, 6.07) is 11.1. The zero-order chi connectivity index (χ0) is 22.3. The second-order valence-corrected chi connectivity index (χ2v) is 10.9. The second kappa shape index (κ2) is 8.45. The minimum Gasteiger partial charge on any atom is -0.504 e. The summed E-state index contributed by atoms with van der Waals surface area (Å²) in [5.74, 6) is 0.972. The van der Waals surface area contributed by atoms with Gasteiger partial charge in [0, 0.05) is 24.7 Å². The van der Waals surface area contributed by atoms with E-state index in [1.54, 1.807) is 22.5 Å². The van der Waals surface area contributed by atoms with E-state index in [0.29, 0.717) is 23.7 Å². The van der Waals surface area contributed by atoms with Crippen molar-refractivity contribution in [3.8, 4) is 11.5 Å². The average molecular weight is 455 g/mol. The monoisotopic (exact) mass is 454 g/mol. The van der Waals surface area contributed by atoms with Gasteiger partial charge in [0.15, 0.2) is 11.5 Å². The predicted molar refractivity (Wildman–Crippen MR) is 125 cm³/mol. The molecule has 7 heteroatoms. The number of allylic oxidation sites excluding steroid dienone is 2. The quantitative estimate of drug-likeness (QED) is 0.650. The molecule has 2 aliphatic heterocycles. The summed E-state index contributed by atoms with van der Waals surface area (Å²) in [7, 11) is -1.95. The van der Waals surface area contributed by atoms with Crippen molar-refractivity contribution in [3.63, 3.8) is 0 Å². The van der Waals surface area contributed by atoms with E-state index in [1.165, 1.54) is 7.11 Å². The number of ether oxygens (including phenoxy) is 1. The van der Waals surface area contributed by atoms with E-state index in [-0.39, 0.29) is 23.6 Å². The van der Waals surface area contributed by atoms with Gasteiger partial charge < -0.3 is 15.2 Å². The van der Waals surface area contributed by atoms with Gasteiger partial charge in [0.05, 0.1) is 18.0 Å². The summed E-state index contributed by atoms with van der Waals surface area (Å²) in [4.78, 5) is 0.388. The van der Waals surface area contributed by atoms with Crippen LogP contribution < -0.4 is 10.1 Å². The molecule has 0 radical (unpaired) electrons. The van der Waals surface area contributed by atoms with Gasteiger partial charge >= 0.3 is 0 Å². The van der Waals surface area contributed by atoms with Crippen molar-refractivity contribution in [1.82, 2.24) is 4.31 Å². The van der Waals surface area contributed by atoms with Crippen molar-refractivity contribution >= 4 is 15.7 Å². The first-order valence-corrected chi connectivity index (χ1v) is 12.9. The summed E-state index contributed by atoms with van der Waals surface area (Å²) in [6.07, 6.45) is 9.32. The van der Waals surface area contributed by atoms with Gasteiger partial charge in [-0.1, -0.05) is 31.1 Å². The number of anilines is 1. The summed E-state index contributed by atoms with van der Waals surface area (Å²) >= 11 is 0. The van der Waals surface area contributed by atoms with Crippen LogP contribution in [0.1, 0.15) is 55.2 Å². The lowest BCUT2D eigenvalue weighted by Crippen LogP contribution is -2.33. The van der Waals surface area contributed by atoms with E-state index in [0.717, 1.165) is 48.9 Å². The second-order valence-electron chi connectivity index (χ2n) is 8.97. The summed E-state index contributed by atoms with van der Waals surface area (Å²) in [5.41, 5.74) is 2.98. The molecule has 2 heterocycles. The highest BCUT2D eigenvalue weighted by Crippen LogP contribution is 2.51. The molecule has 0 aromatic heterocycles. The number of benzene rings is 2. The Morgan fingerprint density at radius 3 is 2.56 bits per heavy atom. The van der Waals surface area contributed by atoms with Gasteiger partial charge in [0.1, 0.15) is 0 Å². The topological polar surface area (TPSA) is 78.9 Å². The third kappa shape index (κ3) is 3.67. The largest absolute Gasteiger partial charge is 0.504 e. The maximum absolute atomic E-state index is 13.3. The van der Waals surface area contributed by atoms with Gasteiger partial charge in [0.2, 0.25) is 10.0 Å². The number of methoxy groups -OCH3 is 1. The van der Waals surface area contributed by atoms with Crippen LogP contribution in [0.25, 0.3) is 0 Å². The fourth-order valence-corrected chi connectivity index (χ4v) is 6.95. The maximum Gasteiger partial charge on any atom is 0.243 e. The van der Waals surface area contributed by atoms with Gasteiger partial charge in [-0.05, 0) is 66.6 Å². The third-order valence-corrected chi connectivity index (χ3v) is 8.99. The van der Waals surface area contributed by atoms with Crippen molar-refractivity contribution in [3.05, 3.63) is 59.7 Å². The Labute approximate surface area is 190 Å². The molecule has 2 N–H and O–H groups in total. The molecular formula is C25H30N2O4S. The van der Waals surface area contributed by atoms with Gasteiger partial charge in [-0.2, -0.15) is 4.31 Å². The fraction of sp³-hybridized carbons (Fsp3) is 0.440. The van der Waals surface area contributed by atoms with Gasteiger partial charge in [0.25, 0.3) is 0 Å². The molecule has 2 aromatic carbocycles. The molecule has 1 fully saturated rings. The van der Waals surface area contributed by atoms with E-state index in [4.69, 9.17) is 4.74 Å². The first-order chi connectivity index (χ1) is 15.5. The number of fused-ring (bicyclic) bond motifs is 3. The van der Waals surface area contributed by atoms with Crippen molar-refractivity contribution in [2.75, 3.05) is 25.5 Å². The lowest BCUT2D eigenvalue weighted by Gasteiger charge is -2.38. The molecule has 3 atom stereocenters. The first-order valence-electron chi connectivity index (χ1n) is 11.4. The van der Waals surface area contributed by atoms with Crippen molar-refractivity contribution in [2.45, 2.75) is 49.0 Å². The Morgan fingerprint density at radius 1 is 1.06 bits per heavy atom. The lowest BCUT2D eigenvalue weighted by molar-refractivity contribution is 0.371. The van der Waals surface area contributed by atoms with Crippen LogP contribution >= 0.6 is 0 Å². The Hall–Kier alpha value is -2.51. The van der Waals surface area contributed by atoms with Gasteiger partial charge in [-0.3, -0.25) is 0 Å². The smallest absolute Gasteiger partial charge is 0.243 e. The van der Waals surface area contributed by atoms with Crippen LogP contribution in [0, 0.1) is 5.92 Å². The van der Waals surface area contributed by atoms with E-state index >= 15 is 0 Å². The molecule has 32 heavy (non-hydrogen) atoms. The average Bonchev–Trinajstić information content (AvgIpc) is 3.12.